The van der Waals surface area contributed by atoms with E-state index in [0.29, 0.717) is 5.69 Å². The lowest BCUT2D eigenvalue weighted by Crippen LogP contribution is -2.25. The molecule has 24 heavy (non-hydrogen) atoms. The molecule has 1 N–H and O–H groups in total. The highest BCUT2D eigenvalue weighted by Gasteiger charge is 2.29. The minimum Gasteiger partial charge on any atom is -0.355 e. The topological polar surface area (TPSA) is 53.9 Å². The molecule has 0 saturated carbocycles. The molecule has 0 atom stereocenters. The van der Waals surface area contributed by atoms with Crippen LogP contribution in [0.4, 0.5) is 30.6 Å². The van der Waals surface area contributed by atoms with Crippen molar-refractivity contribution in [2.75, 3.05) is 23.3 Å². The summed E-state index contributed by atoms with van der Waals surface area (Å²) in [5, 5.41) is 10.7. The molecule has 1 aromatic carbocycles. The van der Waals surface area contributed by atoms with E-state index in [1.54, 1.807) is 6.20 Å². The van der Waals surface area contributed by atoms with Crippen molar-refractivity contribution >= 4 is 17.5 Å². The van der Waals surface area contributed by atoms with Gasteiger partial charge in [0.05, 0.1) is 11.8 Å². The molecule has 0 aliphatic carbocycles. The molecule has 2 aromatic rings. The van der Waals surface area contributed by atoms with Gasteiger partial charge in [-0.3, -0.25) is 0 Å². The van der Waals surface area contributed by atoms with Crippen LogP contribution in [0.25, 0.3) is 0 Å². The summed E-state index contributed by atoms with van der Waals surface area (Å²) in [5.41, 5.74) is -0.205. The maximum atomic E-state index is 12.6. The summed E-state index contributed by atoms with van der Waals surface area (Å²) in [6, 6.07) is 4.75. The molecule has 128 valence electrons. The van der Waals surface area contributed by atoms with Crippen LogP contribution in [0.3, 0.4) is 0 Å². The van der Waals surface area contributed by atoms with Crippen LogP contribution in [0.2, 0.25) is 0 Å². The maximum absolute atomic E-state index is 12.6. The smallest absolute Gasteiger partial charge is 0.355 e. The average molecular weight is 337 g/mol. The molecule has 5 nitrogen and oxygen atoms in total. The van der Waals surface area contributed by atoms with Crippen molar-refractivity contribution in [3.63, 3.8) is 0 Å². The van der Waals surface area contributed by atoms with Gasteiger partial charge >= 0.3 is 6.18 Å². The third kappa shape index (κ3) is 4.12. The zero-order chi connectivity index (χ0) is 17.0. The first-order chi connectivity index (χ1) is 11.5. The van der Waals surface area contributed by atoms with Gasteiger partial charge in [-0.2, -0.15) is 23.3 Å². The molecule has 1 saturated heterocycles. The van der Waals surface area contributed by atoms with Crippen LogP contribution < -0.4 is 10.2 Å². The number of benzene rings is 1. The number of rotatable bonds is 3. The van der Waals surface area contributed by atoms with Crippen molar-refractivity contribution in [2.45, 2.75) is 31.9 Å². The molecule has 0 unspecified atom stereocenters. The first kappa shape index (κ1) is 16.5. The van der Waals surface area contributed by atoms with Crippen molar-refractivity contribution in [1.82, 2.24) is 15.2 Å². The second-order valence-electron chi connectivity index (χ2n) is 5.74. The normalized spacial score (nSPS) is 15.9. The van der Waals surface area contributed by atoms with E-state index in [-0.39, 0.29) is 5.95 Å². The molecular formula is C16H18F3N5. The largest absolute Gasteiger partial charge is 0.416 e. The maximum Gasteiger partial charge on any atom is 0.416 e. The van der Waals surface area contributed by atoms with Gasteiger partial charge in [0.15, 0.2) is 5.82 Å². The minimum atomic E-state index is -4.34. The average Bonchev–Trinajstić information content (AvgIpc) is 2.84. The predicted molar refractivity (Wildman–Crippen MR) is 85.2 cm³/mol. The Hall–Kier alpha value is -2.38. The highest BCUT2D eigenvalue weighted by Crippen LogP contribution is 2.30. The number of nitrogens with one attached hydrogen (secondary N) is 1. The van der Waals surface area contributed by atoms with E-state index in [1.165, 1.54) is 25.0 Å². The van der Waals surface area contributed by atoms with Gasteiger partial charge in [0.25, 0.3) is 0 Å². The number of hydrogen-bond acceptors (Lipinski definition) is 5. The lowest BCUT2D eigenvalue weighted by molar-refractivity contribution is -0.137. The number of alkyl halides is 3. The summed E-state index contributed by atoms with van der Waals surface area (Å²) in [4.78, 5) is 6.59. The molecule has 2 heterocycles. The second kappa shape index (κ2) is 7.02. The summed E-state index contributed by atoms with van der Waals surface area (Å²) in [7, 11) is 0. The lowest BCUT2D eigenvalue weighted by atomic mass is 10.2. The molecule has 0 amide bonds. The van der Waals surface area contributed by atoms with E-state index in [2.05, 4.69) is 25.4 Å². The van der Waals surface area contributed by atoms with Gasteiger partial charge in [0.1, 0.15) is 0 Å². The van der Waals surface area contributed by atoms with Gasteiger partial charge in [-0.1, -0.05) is 12.8 Å². The summed E-state index contributed by atoms with van der Waals surface area (Å²) in [6.45, 7) is 1.86. The fourth-order valence-corrected chi connectivity index (χ4v) is 2.67. The first-order valence-electron chi connectivity index (χ1n) is 7.91. The predicted octanol–water partition coefficient (Wildman–Crippen LogP) is 4.01. The standard InChI is InChI=1S/C16H18F3N5/c17-16(18,19)12-5-7-13(8-6-12)21-15-22-14(11-20-23-15)24-9-3-1-2-4-10-24/h5-8,11H,1-4,9-10H2,(H,21,22,23). The summed E-state index contributed by atoms with van der Waals surface area (Å²) >= 11 is 0. The fraction of sp³-hybridized carbons (Fsp3) is 0.438. The van der Waals surface area contributed by atoms with Gasteiger partial charge in [-0.15, -0.1) is 5.10 Å². The third-order valence-electron chi connectivity index (χ3n) is 3.94. The highest BCUT2D eigenvalue weighted by molar-refractivity contribution is 5.55. The van der Waals surface area contributed by atoms with Gasteiger partial charge in [0.2, 0.25) is 5.95 Å². The monoisotopic (exact) mass is 337 g/mol. The van der Waals surface area contributed by atoms with E-state index >= 15 is 0 Å². The van der Waals surface area contributed by atoms with Crippen molar-refractivity contribution in [3.05, 3.63) is 36.0 Å². The summed E-state index contributed by atoms with van der Waals surface area (Å²) in [5.74, 6) is 1.01. The van der Waals surface area contributed by atoms with E-state index < -0.39 is 11.7 Å². The van der Waals surface area contributed by atoms with Crippen LogP contribution in [0.15, 0.2) is 30.5 Å². The zero-order valence-corrected chi connectivity index (χ0v) is 13.1. The first-order valence-corrected chi connectivity index (χ1v) is 7.91. The molecular weight excluding hydrogens is 319 g/mol. The van der Waals surface area contributed by atoms with Crippen molar-refractivity contribution in [2.24, 2.45) is 0 Å². The molecule has 0 radical (unpaired) electrons. The van der Waals surface area contributed by atoms with E-state index in [0.717, 1.165) is 43.9 Å². The van der Waals surface area contributed by atoms with Crippen LogP contribution in [0.1, 0.15) is 31.2 Å². The molecule has 1 fully saturated rings. The van der Waals surface area contributed by atoms with Crippen LogP contribution in [-0.2, 0) is 6.18 Å². The molecule has 3 rings (SSSR count). The van der Waals surface area contributed by atoms with Crippen molar-refractivity contribution in [3.8, 4) is 0 Å². The molecule has 1 aliphatic heterocycles. The number of halogens is 3. The fourth-order valence-electron chi connectivity index (χ4n) is 2.67. The van der Waals surface area contributed by atoms with Crippen LogP contribution in [0, 0.1) is 0 Å². The number of anilines is 3. The van der Waals surface area contributed by atoms with Crippen molar-refractivity contribution in [1.29, 1.82) is 0 Å². The SMILES string of the molecule is FC(F)(F)c1ccc(Nc2nncc(N3CCCCCC3)n2)cc1. The molecule has 1 aromatic heterocycles. The Labute approximate surface area is 137 Å². The molecule has 1 aliphatic rings. The molecule has 0 spiro atoms. The van der Waals surface area contributed by atoms with E-state index in [1.807, 2.05) is 0 Å². The Kier molecular flexibility index (Phi) is 4.82. The van der Waals surface area contributed by atoms with Crippen LogP contribution in [0.5, 0.6) is 0 Å². The van der Waals surface area contributed by atoms with Crippen molar-refractivity contribution < 1.29 is 13.2 Å². The van der Waals surface area contributed by atoms with Gasteiger partial charge in [-0.05, 0) is 37.1 Å². The minimum absolute atomic E-state index is 0.275. The Bertz CT molecular complexity index is 664. The van der Waals surface area contributed by atoms with Crippen LogP contribution in [-0.4, -0.2) is 28.3 Å². The van der Waals surface area contributed by atoms with Gasteiger partial charge in [-0.25, -0.2) is 0 Å². The Morgan fingerprint density at radius 1 is 0.958 bits per heavy atom. The Morgan fingerprint density at radius 3 is 2.25 bits per heavy atom. The highest BCUT2D eigenvalue weighted by atomic mass is 19.4. The summed E-state index contributed by atoms with van der Waals surface area (Å²) in [6.07, 6.45) is 1.93. The Balaban J connectivity index is 1.72. The quantitative estimate of drug-likeness (QED) is 0.917. The lowest BCUT2D eigenvalue weighted by Gasteiger charge is -2.21. The van der Waals surface area contributed by atoms with E-state index in [4.69, 9.17) is 0 Å². The molecule has 0 bridgehead atoms. The second-order valence-corrected chi connectivity index (χ2v) is 5.74. The number of hydrogen-bond donors (Lipinski definition) is 1. The summed E-state index contributed by atoms with van der Waals surface area (Å²) < 4.78 is 37.7. The number of aromatic nitrogens is 3. The third-order valence-corrected chi connectivity index (χ3v) is 3.94. The van der Waals surface area contributed by atoms with Crippen LogP contribution >= 0.6 is 0 Å². The Morgan fingerprint density at radius 2 is 1.62 bits per heavy atom. The van der Waals surface area contributed by atoms with Gasteiger partial charge in [0, 0.05) is 18.8 Å². The van der Waals surface area contributed by atoms with E-state index in [9.17, 15) is 13.2 Å². The zero-order valence-electron chi connectivity index (χ0n) is 13.1. The van der Waals surface area contributed by atoms with Gasteiger partial charge < -0.3 is 10.2 Å². The number of nitrogens with zero attached hydrogens (tertiary/aromatic N) is 4. The molecule has 8 heteroatoms.